The summed E-state index contributed by atoms with van der Waals surface area (Å²) in [5.74, 6) is -5.80. The molecule has 2 aromatic rings. The summed E-state index contributed by atoms with van der Waals surface area (Å²) >= 11 is 0. The Balaban J connectivity index is 1.77. The number of piperazine rings is 1. The molecule has 0 bridgehead atoms. The molecule has 1 aromatic heterocycles. The number of aryl methyl sites for hydroxylation is 1. The van der Waals surface area contributed by atoms with Crippen LogP contribution in [0.3, 0.4) is 0 Å². The van der Waals surface area contributed by atoms with Crippen LogP contribution in [-0.4, -0.2) is 70.7 Å². The van der Waals surface area contributed by atoms with Crippen molar-refractivity contribution >= 4 is 29.4 Å². The van der Waals surface area contributed by atoms with Gasteiger partial charge in [0.2, 0.25) is 5.91 Å². The molecule has 1 atom stereocenters. The van der Waals surface area contributed by atoms with Crippen molar-refractivity contribution in [1.82, 2.24) is 14.9 Å². The van der Waals surface area contributed by atoms with E-state index in [4.69, 9.17) is 11.5 Å². The van der Waals surface area contributed by atoms with E-state index in [0.717, 1.165) is 25.1 Å². The van der Waals surface area contributed by atoms with Gasteiger partial charge in [0.1, 0.15) is 0 Å². The number of amides is 2. The third-order valence-electron chi connectivity index (χ3n) is 6.47. The van der Waals surface area contributed by atoms with Gasteiger partial charge in [-0.3, -0.25) is 9.59 Å². The smallest absolute Gasteiger partial charge is 0.427 e. The second-order valence-corrected chi connectivity index (χ2v) is 9.16. The summed E-state index contributed by atoms with van der Waals surface area (Å²) in [4.78, 5) is 47.8. The molecule has 1 aliphatic heterocycles. The van der Waals surface area contributed by atoms with Gasteiger partial charge in [0.25, 0.3) is 5.91 Å². The molecule has 10 nitrogen and oxygen atoms in total. The van der Waals surface area contributed by atoms with Crippen LogP contribution in [0.15, 0.2) is 24.4 Å². The van der Waals surface area contributed by atoms with Gasteiger partial charge < -0.3 is 26.0 Å². The van der Waals surface area contributed by atoms with Gasteiger partial charge >= 0.3 is 23.9 Å². The zero-order chi connectivity index (χ0) is 28.9. The highest BCUT2D eigenvalue weighted by atomic mass is 19.4. The lowest BCUT2D eigenvalue weighted by atomic mass is 9.88. The summed E-state index contributed by atoms with van der Waals surface area (Å²) in [6.07, 6.45) is -8.78. The number of hydrogen-bond acceptors (Lipinski definition) is 8. The molecule has 1 aliphatic carbocycles. The number of nitrogens with zero attached hydrogens (tertiary/aromatic N) is 4. The number of nitrogen functional groups attached to an aromatic ring is 1. The Bertz CT molecular complexity index is 1330. The van der Waals surface area contributed by atoms with Gasteiger partial charge in [-0.05, 0) is 31.4 Å². The van der Waals surface area contributed by atoms with Crippen molar-refractivity contribution in [3.63, 3.8) is 0 Å². The first-order chi connectivity index (χ1) is 18.1. The highest BCUT2D eigenvalue weighted by Crippen LogP contribution is 2.45. The fourth-order valence-corrected chi connectivity index (χ4v) is 4.32. The van der Waals surface area contributed by atoms with Gasteiger partial charge in [0.05, 0.1) is 18.4 Å². The van der Waals surface area contributed by atoms with Crippen molar-refractivity contribution in [3.8, 4) is 11.3 Å². The molecule has 0 radical (unpaired) electrons. The average Bonchev–Trinajstić information content (AvgIpc) is 3.67. The maximum absolute atomic E-state index is 14.2. The van der Waals surface area contributed by atoms with Crippen LogP contribution in [0.4, 0.5) is 38.0 Å². The van der Waals surface area contributed by atoms with E-state index < -0.39 is 35.4 Å². The quantitative estimate of drug-likeness (QED) is 0.404. The number of rotatable bonds is 6. The minimum atomic E-state index is -5.87. The number of carbonyl (C=O) groups excluding carboxylic acids is 3. The van der Waals surface area contributed by atoms with Crippen molar-refractivity contribution in [1.29, 1.82) is 0 Å². The first-order valence-corrected chi connectivity index (χ1v) is 11.5. The van der Waals surface area contributed by atoms with Crippen LogP contribution in [-0.2, 0) is 24.7 Å². The minimum Gasteiger partial charge on any atom is -0.427 e. The summed E-state index contributed by atoms with van der Waals surface area (Å²) < 4.78 is 84.8. The molecule has 2 fully saturated rings. The van der Waals surface area contributed by atoms with Crippen molar-refractivity contribution in [2.45, 2.75) is 43.8 Å². The Hall–Kier alpha value is -4.11. The standard InChI is InChI=1S/C23H22F6N6O4/c1-11-2-3-12(21(19(31)37,23(27,28)29)39-20(38)22(24,25)26)8-14(11)15-9-32-17(30)18(33-15)34-6-7-35(13-4-5-13)16(36)10-34/h2-3,8-9,13H,4-7,10H2,1H3,(H2,30,32)(H2,31,37). The summed E-state index contributed by atoms with van der Waals surface area (Å²) in [6, 6.07) is 2.62. The van der Waals surface area contributed by atoms with Gasteiger partial charge in [-0.15, -0.1) is 0 Å². The lowest BCUT2D eigenvalue weighted by Gasteiger charge is -2.35. The lowest BCUT2D eigenvalue weighted by Crippen LogP contribution is -2.57. The maximum Gasteiger partial charge on any atom is 0.490 e. The third kappa shape index (κ3) is 5.14. The normalized spacial score (nSPS) is 18.1. The van der Waals surface area contributed by atoms with E-state index >= 15 is 0 Å². The molecule has 2 aliphatic rings. The highest BCUT2D eigenvalue weighted by molar-refractivity contribution is 5.90. The largest absolute Gasteiger partial charge is 0.490 e. The van der Waals surface area contributed by atoms with Crippen LogP contribution < -0.4 is 16.4 Å². The summed E-state index contributed by atoms with van der Waals surface area (Å²) in [5, 5.41) is 0. The second kappa shape index (κ2) is 9.57. The second-order valence-electron chi connectivity index (χ2n) is 9.16. The zero-order valence-electron chi connectivity index (χ0n) is 20.3. The van der Waals surface area contributed by atoms with Crippen molar-refractivity contribution in [2.24, 2.45) is 5.73 Å². The number of aromatic nitrogens is 2. The molecule has 4 rings (SSSR count). The van der Waals surface area contributed by atoms with Gasteiger partial charge in [0, 0.05) is 30.3 Å². The van der Waals surface area contributed by atoms with Crippen molar-refractivity contribution < 1.29 is 45.5 Å². The highest BCUT2D eigenvalue weighted by Gasteiger charge is 2.66. The van der Waals surface area contributed by atoms with E-state index in [-0.39, 0.29) is 47.0 Å². The number of anilines is 2. The first kappa shape index (κ1) is 27.9. The molecule has 2 amide bonds. The Morgan fingerprint density at radius 3 is 2.31 bits per heavy atom. The zero-order valence-corrected chi connectivity index (χ0v) is 20.3. The van der Waals surface area contributed by atoms with E-state index in [0.29, 0.717) is 25.2 Å². The van der Waals surface area contributed by atoms with Gasteiger partial charge in [-0.1, -0.05) is 12.1 Å². The molecule has 4 N–H and O–H groups in total. The SMILES string of the molecule is Cc1ccc(C(OC(=O)C(F)(F)F)(C(N)=O)C(F)(F)F)cc1-c1cnc(N)c(N2CCN(C3CC3)C(=O)C2)n1. The van der Waals surface area contributed by atoms with E-state index in [1.165, 1.54) is 6.92 Å². The number of hydrogen-bond donors (Lipinski definition) is 2. The summed E-state index contributed by atoms with van der Waals surface area (Å²) in [5.41, 5.74) is 5.34. The lowest BCUT2D eigenvalue weighted by molar-refractivity contribution is -0.280. The molecule has 0 spiro atoms. The average molecular weight is 560 g/mol. The van der Waals surface area contributed by atoms with Crippen LogP contribution in [0.5, 0.6) is 0 Å². The third-order valence-corrected chi connectivity index (χ3v) is 6.47. The Morgan fingerprint density at radius 1 is 1.10 bits per heavy atom. The number of ether oxygens (including phenoxy) is 1. The number of alkyl halides is 6. The summed E-state index contributed by atoms with van der Waals surface area (Å²) in [6.45, 7) is 2.15. The molecular weight excluding hydrogens is 538 g/mol. The van der Waals surface area contributed by atoms with Crippen LogP contribution in [0, 0.1) is 6.92 Å². The predicted molar refractivity (Wildman–Crippen MR) is 123 cm³/mol. The maximum atomic E-state index is 14.2. The van der Waals surface area contributed by atoms with Gasteiger partial charge in [0.15, 0.2) is 11.6 Å². The first-order valence-electron chi connectivity index (χ1n) is 11.5. The minimum absolute atomic E-state index is 0.0654. The predicted octanol–water partition coefficient (Wildman–Crippen LogP) is 2.19. The molecule has 1 unspecified atom stereocenters. The number of esters is 1. The molecule has 1 saturated carbocycles. The molecule has 2 heterocycles. The molecule has 1 aromatic carbocycles. The van der Waals surface area contributed by atoms with E-state index in [1.807, 2.05) is 0 Å². The Labute approximate surface area is 216 Å². The molecule has 210 valence electrons. The fraction of sp³-hybridized carbons (Fsp3) is 0.435. The van der Waals surface area contributed by atoms with Crippen LogP contribution in [0.2, 0.25) is 0 Å². The molecule has 39 heavy (non-hydrogen) atoms. The Kier molecular flexibility index (Phi) is 6.85. The molecule has 1 saturated heterocycles. The number of benzene rings is 1. The molecule has 16 heteroatoms. The van der Waals surface area contributed by atoms with Crippen LogP contribution in [0.25, 0.3) is 11.3 Å². The summed E-state index contributed by atoms with van der Waals surface area (Å²) in [7, 11) is 0. The van der Waals surface area contributed by atoms with E-state index in [9.17, 15) is 40.7 Å². The van der Waals surface area contributed by atoms with Gasteiger partial charge in [-0.2, -0.15) is 26.3 Å². The number of halogens is 6. The topological polar surface area (TPSA) is 145 Å². The monoisotopic (exact) mass is 560 g/mol. The van der Waals surface area contributed by atoms with E-state index in [2.05, 4.69) is 14.7 Å². The Morgan fingerprint density at radius 2 is 1.77 bits per heavy atom. The van der Waals surface area contributed by atoms with E-state index in [1.54, 1.807) is 9.80 Å². The molecular formula is C23H22F6N6O4. The van der Waals surface area contributed by atoms with Crippen LogP contribution in [0.1, 0.15) is 24.0 Å². The van der Waals surface area contributed by atoms with Gasteiger partial charge in [-0.25, -0.2) is 14.8 Å². The number of nitrogens with two attached hydrogens (primary N) is 2. The number of primary amides is 1. The van der Waals surface area contributed by atoms with Crippen LogP contribution >= 0.6 is 0 Å². The van der Waals surface area contributed by atoms with Crippen molar-refractivity contribution in [3.05, 3.63) is 35.5 Å². The van der Waals surface area contributed by atoms with Crippen molar-refractivity contribution in [2.75, 3.05) is 30.3 Å². The number of carbonyl (C=O) groups is 3. The fourth-order valence-electron chi connectivity index (χ4n) is 4.32.